The lowest BCUT2D eigenvalue weighted by molar-refractivity contribution is 0.100. The van der Waals surface area contributed by atoms with E-state index in [2.05, 4.69) is 0 Å². The van der Waals surface area contributed by atoms with Crippen molar-refractivity contribution >= 4 is 27.1 Å². The first-order valence-electron chi connectivity index (χ1n) is 4.08. The third-order valence-corrected chi connectivity index (χ3v) is 4.64. The Kier molecular flexibility index (Phi) is 3.28. The maximum Gasteiger partial charge on any atom is 0.258 e. The molecule has 0 saturated carbocycles. The summed E-state index contributed by atoms with van der Waals surface area (Å²) in [4.78, 5) is 11.2. The van der Waals surface area contributed by atoms with Gasteiger partial charge in [-0.05, 0) is 12.5 Å². The topological polar surface area (TPSA) is 77.2 Å². The van der Waals surface area contributed by atoms with Gasteiger partial charge in [0.15, 0.2) is 9.84 Å². The van der Waals surface area contributed by atoms with E-state index in [-0.39, 0.29) is 15.5 Å². The molecule has 6 heteroatoms. The number of rotatable bonds is 4. The van der Waals surface area contributed by atoms with Crippen LogP contribution in [0, 0.1) is 0 Å². The highest BCUT2D eigenvalue weighted by Gasteiger charge is 2.16. The Morgan fingerprint density at radius 2 is 2.21 bits per heavy atom. The molecule has 1 heterocycles. The van der Waals surface area contributed by atoms with E-state index in [0.717, 1.165) is 11.3 Å². The molecule has 78 valence electrons. The van der Waals surface area contributed by atoms with Crippen LogP contribution in [0.4, 0.5) is 0 Å². The molecule has 0 unspecified atom stereocenters. The second kappa shape index (κ2) is 4.10. The molecule has 1 aromatic rings. The van der Waals surface area contributed by atoms with Crippen molar-refractivity contribution in [2.45, 2.75) is 18.2 Å². The van der Waals surface area contributed by atoms with Crippen molar-refractivity contribution in [1.29, 1.82) is 0 Å². The molecule has 0 atom stereocenters. The molecule has 0 aromatic carbocycles. The van der Waals surface area contributed by atoms with Gasteiger partial charge in [0.05, 0.1) is 15.5 Å². The van der Waals surface area contributed by atoms with E-state index in [1.807, 2.05) is 0 Å². The van der Waals surface area contributed by atoms with Crippen molar-refractivity contribution in [2.24, 2.45) is 5.73 Å². The smallest absolute Gasteiger partial charge is 0.258 e. The Balaban J connectivity index is 3.03. The number of primary amides is 1. The van der Waals surface area contributed by atoms with Gasteiger partial charge in [0.25, 0.3) is 5.91 Å². The molecule has 14 heavy (non-hydrogen) atoms. The monoisotopic (exact) mass is 233 g/mol. The average molecular weight is 233 g/mol. The van der Waals surface area contributed by atoms with E-state index in [1.165, 1.54) is 11.4 Å². The fraction of sp³-hybridized carbons (Fsp3) is 0.375. The van der Waals surface area contributed by atoms with Crippen molar-refractivity contribution in [3.8, 4) is 0 Å². The van der Waals surface area contributed by atoms with Crippen LogP contribution in [-0.4, -0.2) is 20.1 Å². The van der Waals surface area contributed by atoms with Crippen LogP contribution in [0.15, 0.2) is 16.3 Å². The van der Waals surface area contributed by atoms with Gasteiger partial charge >= 0.3 is 0 Å². The summed E-state index contributed by atoms with van der Waals surface area (Å²) in [6.45, 7) is 1.79. The molecule has 0 aliphatic carbocycles. The molecule has 1 amide bonds. The zero-order chi connectivity index (χ0) is 10.8. The lowest BCUT2D eigenvalue weighted by Gasteiger charge is -1.97. The highest BCUT2D eigenvalue weighted by molar-refractivity contribution is 7.91. The zero-order valence-corrected chi connectivity index (χ0v) is 9.32. The van der Waals surface area contributed by atoms with Gasteiger partial charge in [0, 0.05) is 5.38 Å². The maximum atomic E-state index is 11.5. The van der Waals surface area contributed by atoms with Crippen LogP contribution >= 0.6 is 11.3 Å². The van der Waals surface area contributed by atoms with E-state index in [4.69, 9.17) is 5.73 Å². The van der Waals surface area contributed by atoms with Crippen LogP contribution < -0.4 is 5.73 Å². The van der Waals surface area contributed by atoms with Crippen LogP contribution in [0.5, 0.6) is 0 Å². The van der Waals surface area contributed by atoms with Crippen molar-refractivity contribution < 1.29 is 13.2 Å². The number of sulfone groups is 1. The van der Waals surface area contributed by atoms with E-state index in [0.29, 0.717) is 6.42 Å². The summed E-state index contributed by atoms with van der Waals surface area (Å²) in [5.41, 5.74) is 5.02. The molecule has 0 bridgehead atoms. The Morgan fingerprint density at radius 1 is 1.57 bits per heavy atom. The summed E-state index contributed by atoms with van der Waals surface area (Å²) >= 11 is 1.06. The highest BCUT2D eigenvalue weighted by atomic mass is 32.2. The molecule has 0 radical (unpaired) electrons. The summed E-state index contributed by atoms with van der Waals surface area (Å²) in [5, 5.41) is 1.45. The molecular weight excluding hydrogens is 222 g/mol. The molecule has 1 rings (SSSR count). The van der Waals surface area contributed by atoms with Crippen molar-refractivity contribution in [3.63, 3.8) is 0 Å². The normalized spacial score (nSPS) is 11.5. The summed E-state index contributed by atoms with van der Waals surface area (Å²) in [5.74, 6) is -0.491. The molecule has 4 nitrogen and oxygen atoms in total. The van der Waals surface area contributed by atoms with Gasteiger partial charge in [-0.3, -0.25) is 4.79 Å². The molecule has 0 spiro atoms. The molecule has 1 aromatic heterocycles. The lowest BCUT2D eigenvalue weighted by Crippen LogP contribution is -2.09. The number of thiophene rings is 1. The second-order valence-electron chi connectivity index (χ2n) is 2.83. The van der Waals surface area contributed by atoms with Crippen molar-refractivity contribution in [1.82, 2.24) is 0 Å². The molecule has 0 fully saturated rings. The standard InChI is InChI=1S/C8H11NO3S2/c1-2-3-14(11,12)6-4-7(8(9)10)13-5-6/h4-5H,2-3H2,1H3,(H2,9,10). The maximum absolute atomic E-state index is 11.5. The largest absolute Gasteiger partial charge is 0.365 e. The average Bonchev–Trinajstić information content (AvgIpc) is 2.51. The molecule has 0 aliphatic rings. The molecular formula is C8H11NO3S2. The van der Waals surface area contributed by atoms with Gasteiger partial charge in [-0.1, -0.05) is 6.92 Å². The van der Waals surface area contributed by atoms with Crippen LogP contribution in [0.1, 0.15) is 23.0 Å². The quantitative estimate of drug-likeness (QED) is 0.843. The molecule has 0 saturated heterocycles. The first-order valence-corrected chi connectivity index (χ1v) is 6.61. The van der Waals surface area contributed by atoms with Gasteiger partial charge in [-0.25, -0.2) is 8.42 Å². The fourth-order valence-corrected chi connectivity index (χ4v) is 3.50. The lowest BCUT2D eigenvalue weighted by atomic mass is 10.5. The number of carbonyl (C=O) groups excluding carboxylic acids is 1. The number of carbonyl (C=O) groups is 1. The van der Waals surface area contributed by atoms with Crippen LogP contribution in [0.3, 0.4) is 0 Å². The van der Waals surface area contributed by atoms with E-state index in [9.17, 15) is 13.2 Å². The summed E-state index contributed by atoms with van der Waals surface area (Å²) < 4.78 is 23.0. The van der Waals surface area contributed by atoms with E-state index < -0.39 is 15.7 Å². The van der Waals surface area contributed by atoms with Gasteiger partial charge in [0.1, 0.15) is 0 Å². The Labute approximate surface area is 86.7 Å². The van der Waals surface area contributed by atoms with Gasteiger partial charge in [-0.2, -0.15) is 0 Å². The second-order valence-corrected chi connectivity index (χ2v) is 5.85. The summed E-state index contributed by atoms with van der Waals surface area (Å²) in [6.07, 6.45) is 0.560. The Morgan fingerprint density at radius 3 is 2.64 bits per heavy atom. The first kappa shape index (κ1) is 11.2. The number of hydrogen-bond donors (Lipinski definition) is 1. The highest BCUT2D eigenvalue weighted by Crippen LogP contribution is 2.20. The Bertz CT molecular complexity index is 433. The van der Waals surface area contributed by atoms with E-state index in [1.54, 1.807) is 6.92 Å². The third-order valence-electron chi connectivity index (χ3n) is 1.65. The summed E-state index contributed by atoms with van der Waals surface area (Å²) in [6, 6.07) is 1.33. The third kappa shape index (κ3) is 2.33. The van der Waals surface area contributed by atoms with Crippen LogP contribution in [0.25, 0.3) is 0 Å². The van der Waals surface area contributed by atoms with Crippen molar-refractivity contribution in [3.05, 3.63) is 16.3 Å². The van der Waals surface area contributed by atoms with Gasteiger partial charge in [0.2, 0.25) is 0 Å². The van der Waals surface area contributed by atoms with Crippen LogP contribution in [0.2, 0.25) is 0 Å². The van der Waals surface area contributed by atoms with Gasteiger partial charge in [-0.15, -0.1) is 11.3 Å². The predicted octanol–water partition coefficient (Wildman–Crippen LogP) is 1.03. The molecule has 0 aliphatic heterocycles. The molecule has 2 N–H and O–H groups in total. The minimum Gasteiger partial charge on any atom is -0.365 e. The van der Waals surface area contributed by atoms with Crippen LogP contribution in [-0.2, 0) is 9.84 Å². The Hall–Kier alpha value is -0.880. The first-order chi connectivity index (χ1) is 6.47. The van der Waals surface area contributed by atoms with E-state index >= 15 is 0 Å². The SMILES string of the molecule is CCCS(=O)(=O)c1csc(C(N)=O)c1. The number of amides is 1. The zero-order valence-electron chi connectivity index (χ0n) is 7.69. The summed E-state index contributed by atoms with van der Waals surface area (Å²) in [7, 11) is -3.22. The van der Waals surface area contributed by atoms with Gasteiger partial charge < -0.3 is 5.73 Å². The van der Waals surface area contributed by atoms with Crippen molar-refractivity contribution in [2.75, 3.05) is 5.75 Å². The fourth-order valence-electron chi connectivity index (χ4n) is 0.998. The minimum absolute atomic E-state index is 0.0991. The predicted molar refractivity (Wildman–Crippen MR) is 55.2 cm³/mol. The minimum atomic E-state index is -3.22. The number of hydrogen-bond acceptors (Lipinski definition) is 4. The number of nitrogens with two attached hydrogens (primary N) is 1.